The number of benzene rings is 1. The monoisotopic (exact) mass is 338 g/mol. The minimum absolute atomic E-state index is 0.00340. The molecule has 1 fully saturated rings. The lowest BCUT2D eigenvalue weighted by Gasteiger charge is -2.32. The molecule has 1 aromatic carbocycles. The Labute approximate surface area is 135 Å². The lowest BCUT2D eigenvalue weighted by Crippen LogP contribution is -2.41. The van der Waals surface area contributed by atoms with E-state index in [1.54, 1.807) is 0 Å². The van der Waals surface area contributed by atoms with E-state index in [0.717, 1.165) is 12.1 Å². The maximum Gasteiger partial charge on any atom is 0.336 e. The molecule has 1 unspecified atom stereocenters. The number of hydrogen-bond donors (Lipinski definition) is 2. The van der Waals surface area contributed by atoms with Crippen LogP contribution in [0.5, 0.6) is 0 Å². The van der Waals surface area contributed by atoms with E-state index in [4.69, 9.17) is 10.8 Å². The number of carboxylic acids is 1. The van der Waals surface area contributed by atoms with E-state index in [1.807, 2.05) is 0 Å². The number of primary amides is 1. The number of hydrogen-bond acceptors (Lipinski definition) is 7. The predicted octanol–water partition coefficient (Wildman–Crippen LogP) is 0.903. The van der Waals surface area contributed by atoms with Crippen LogP contribution in [0, 0.1) is 26.1 Å². The molecule has 11 nitrogen and oxygen atoms in total. The molecule has 0 saturated carbocycles. The van der Waals surface area contributed by atoms with Gasteiger partial charge in [0.25, 0.3) is 0 Å². The van der Waals surface area contributed by atoms with Crippen molar-refractivity contribution in [3.63, 3.8) is 0 Å². The number of carbonyl (C=O) groups is 2. The van der Waals surface area contributed by atoms with E-state index in [0.29, 0.717) is 12.8 Å². The first-order chi connectivity index (χ1) is 11.2. The highest BCUT2D eigenvalue weighted by atomic mass is 16.6. The summed E-state index contributed by atoms with van der Waals surface area (Å²) in [7, 11) is 0. The van der Waals surface area contributed by atoms with Crippen LogP contribution in [-0.4, -0.2) is 39.9 Å². The molecule has 1 saturated heterocycles. The summed E-state index contributed by atoms with van der Waals surface area (Å²) in [4.78, 5) is 44.6. The third-order valence-corrected chi connectivity index (χ3v) is 3.85. The van der Waals surface area contributed by atoms with Gasteiger partial charge in [0.05, 0.1) is 21.3 Å². The number of carboxylic acid groups (broad SMARTS) is 1. The van der Waals surface area contributed by atoms with Crippen LogP contribution >= 0.6 is 0 Å². The van der Waals surface area contributed by atoms with Gasteiger partial charge in [-0.2, -0.15) is 0 Å². The molecule has 1 aromatic rings. The molecule has 2 rings (SSSR count). The number of nitrogens with two attached hydrogens (primary N) is 1. The quantitative estimate of drug-likeness (QED) is 0.589. The molecule has 1 aliphatic heterocycles. The van der Waals surface area contributed by atoms with E-state index in [-0.39, 0.29) is 18.8 Å². The average molecular weight is 338 g/mol. The first-order valence-corrected chi connectivity index (χ1v) is 6.96. The zero-order valence-corrected chi connectivity index (χ0v) is 12.4. The van der Waals surface area contributed by atoms with E-state index in [1.165, 1.54) is 4.90 Å². The van der Waals surface area contributed by atoms with Crippen LogP contribution in [0.4, 0.5) is 17.1 Å². The van der Waals surface area contributed by atoms with Gasteiger partial charge in [0.2, 0.25) is 5.91 Å². The highest BCUT2D eigenvalue weighted by molar-refractivity contribution is 5.93. The van der Waals surface area contributed by atoms with Crippen molar-refractivity contribution in [1.82, 2.24) is 0 Å². The summed E-state index contributed by atoms with van der Waals surface area (Å²) in [5.74, 6) is -2.69. The summed E-state index contributed by atoms with van der Waals surface area (Å²) < 4.78 is 0. The lowest BCUT2D eigenvalue weighted by atomic mass is 9.96. The minimum Gasteiger partial charge on any atom is -0.478 e. The second-order valence-corrected chi connectivity index (χ2v) is 5.37. The molecule has 1 aliphatic rings. The van der Waals surface area contributed by atoms with Crippen molar-refractivity contribution in [3.05, 3.63) is 37.9 Å². The second kappa shape index (κ2) is 6.48. The molecule has 11 heteroatoms. The van der Waals surface area contributed by atoms with Crippen molar-refractivity contribution in [3.8, 4) is 0 Å². The first kappa shape index (κ1) is 17.1. The zero-order valence-electron chi connectivity index (χ0n) is 12.4. The SMILES string of the molecule is NC(=O)C1CCCN(c2c([N+](=O)[O-])cc(C(=O)O)cc2[N+](=O)[O-])C1. The van der Waals surface area contributed by atoms with Crippen LogP contribution in [0.1, 0.15) is 23.2 Å². The van der Waals surface area contributed by atoms with Crippen molar-refractivity contribution < 1.29 is 24.5 Å². The molecule has 3 N–H and O–H groups in total. The molecule has 1 amide bonds. The summed E-state index contributed by atoms with van der Waals surface area (Å²) in [6.07, 6.45) is 0.962. The molecule has 24 heavy (non-hydrogen) atoms. The second-order valence-electron chi connectivity index (χ2n) is 5.37. The van der Waals surface area contributed by atoms with Gasteiger partial charge in [0.1, 0.15) is 0 Å². The predicted molar refractivity (Wildman–Crippen MR) is 80.8 cm³/mol. The number of aromatic carboxylic acids is 1. The molecule has 0 bridgehead atoms. The van der Waals surface area contributed by atoms with Crippen LogP contribution in [0.25, 0.3) is 0 Å². The van der Waals surface area contributed by atoms with Gasteiger partial charge in [-0.25, -0.2) is 4.79 Å². The Hall–Kier alpha value is -3.24. The van der Waals surface area contributed by atoms with Gasteiger partial charge in [0, 0.05) is 25.2 Å². The standard InChI is InChI=1S/C13H14N4O7/c14-12(18)7-2-1-3-15(6-7)11-9(16(21)22)4-8(13(19)20)5-10(11)17(23)24/h4-5,7H,1-3,6H2,(H2,14,18)(H,19,20). The Morgan fingerprint density at radius 3 is 2.17 bits per heavy atom. The fraction of sp³-hybridized carbons (Fsp3) is 0.385. The first-order valence-electron chi connectivity index (χ1n) is 6.96. The molecule has 0 radical (unpaired) electrons. The molecule has 1 heterocycles. The Morgan fingerprint density at radius 2 is 1.75 bits per heavy atom. The van der Waals surface area contributed by atoms with Crippen LogP contribution in [-0.2, 0) is 4.79 Å². The maximum atomic E-state index is 11.4. The average Bonchev–Trinajstić information content (AvgIpc) is 2.53. The molecular formula is C13H14N4O7. The van der Waals surface area contributed by atoms with E-state index < -0.39 is 44.6 Å². The van der Waals surface area contributed by atoms with Gasteiger partial charge < -0.3 is 15.7 Å². The minimum atomic E-state index is -1.51. The smallest absolute Gasteiger partial charge is 0.336 e. The fourth-order valence-electron chi connectivity index (χ4n) is 2.74. The number of amides is 1. The number of carbonyl (C=O) groups excluding carboxylic acids is 1. The third-order valence-electron chi connectivity index (χ3n) is 3.85. The van der Waals surface area contributed by atoms with Gasteiger partial charge in [-0.1, -0.05) is 0 Å². The van der Waals surface area contributed by atoms with Gasteiger partial charge in [-0.3, -0.25) is 25.0 Å². The van der Waals surface area contributed by atoms with E-state index >= 15 is 0 Å². The summed E-state index contributed by atoms with van der Waals surface area (Å²) in [5, 5.41) is 31.6. The summed E-state index contributed by atoms with van der Waals surface area (Å²) in [6.45, 7) is 0.265. The topological polar surface area (TPSA) is 170 Å². The highest BCUT2D eigenvalue weighted by Crippen LogP contribution is 2.40. The number of nitro groups is 2. The van der Waals surface area contributed by atoms with Crippen LogP contribution < -0.4 is 10.6 Å². The van der Waals surface area contributed by atoms with Crippen molar-refractivity contribution >= 4 is 28.9 Å². The molecular weight excluding hydrogens is 324 g/mol. The molecule has 0 spiro atoms. The fourth-order valence-corrected chi connectivity index (χ4v) is 2.74. The number of nitrogens with zero attached hydrogens (tertiary/aromatic N) is 3. The Bertz CT molecular complexity index is 698. The third kappa shape index (κ3) is 3.24. The maximum absolute atomic E-state index is 11.4. The number of nitro benzene ring substituents is 2. The lowest BCUT2D eigenvalue weighted by molar-refractivity contribution is -0.392. The Balaban J connectivity index is 2.62. The summed E-state index contributed by atoms with van der Waals surface area (Å²) in [6, 6.07) is 1.55. The normalized spacial score (nSPS) is 17.3. The summed E-state index contributed by atoms with van der Waals surface area (Å²) in [5.41, 5.74) is 3.02. The van der Waals surface area contributed by atoms with Crippen molar-refractivity contribution in [1.29, 1.82) is 0 Å². The van der Waals surface area contributed by atoms with E-state index in [2.05, 4.69) is 0 Å². The van der Waals surface area contributed by atoms with Crippen molar-refractivity contribution in [2.24, 2.45) is 11.7 Å². The number of piperidine rings is 1. The Morgan fingerprint density at radius 1 is 1.21 bits per heavy atom. The number of rotatable bonds is 5. The van der Waals surface area contributed by atoms with Crippen molar-refractivity contribution in [2.45, 2.75) is 12.8 Å². The molecule has 0 aromatic heterocycles. The zero-order chi connectivity index (χ0) is 18.0. The van der Waals surface area contributed by atoms with Gasteiger partial charge in [0.15, 0.2) is 5.69 Å². The van der Waals surface area contributed by atoms with Gasteiger partial charge in [-0.05, 0) is 12.8 Å². The van der Waals surface area contributed by atoms with Crippen LogP contribution in [0.15, 0.2) is 12.1 Å². The van der Waals surface area contributed by atoms with E-state index in [9.17, 15) is 29.8 Å². The highest BCUT2D eigenvalue weighted by Gasteiger charge is 2.35. The largest absolute Gasteiger partial charge is 0.478 e. The molecule has 0 aliphatic carbocycles. The molecule has 128 valence electrons. The van der Waals surface area contributed by atoms with Crippen LogP contribution in [0.3, 0.4) is 0 Å². The van der Waals surface area contributed by atoms with Gasteiger partial charge in [-0.15, -0.1) is 0 Å². The molecule has 1 atom stereocenters. The Kier molecular flexibility index (Phi) is 4.62. The van der Waals surface area contributed by atoms with Gasteiger partial charge >= 0.3 is 17.3 Å². The van der Waals surface area contributed by atoms with Crippen LogP contribution in [0.2, 0.25) is 0 Å². The summed E-state index contributed by atoms with van der Waals surface area (Å²) >= 11 is 0. The van der Waals surface area contributed by atoms with Crippen molar-refractivity contribution in [2.75, 3.05) is 18.0 Å². The number of anilines is 1.